The van der Waals surface area contributed by atoms with Gasteiger partial charge < -0.3 is 5.11 Å². The molecule has 0 aliphatic carbocycles. The summed E-state index contributed by atoms with van der Waals surface area (Å²) in [5.41, 5.74) is 2.72. The highest BCUT2D eigenvalue weighted by Crippen LogP contribution is 2.22. The minimum Gasteiger partial charge on any atom is -0.476 e. The van der Waals surface area contributed by atoms with E-state index in [0.29, 0.717) is 0 Å². The quantitative estimate of drug-likeness (QED) is 0.911. The largest absolute Gasteiger partial charge is 0.476 e. The minimum atomic E-state index is -1.19. The van der Waals surface area contributed by atoms with Gasteiger partial charge in [-0.15, -0.1) is 0 Å². The highest BCUT2D eigenvalue weighted by atomic mass is 16.4. The standard InChI is InChI=1S/C15H12N2O2/c1-2-10-4-3-5-11(6-10)13-7-12(8-16)14(15(18)19)17-9-13/h3-7,9H,2H2,1H3,(H,18,19). The smallest absolute Gasteiger partial charge is 0.355 e. The zero-order valence-corrected chi connectivity index (χ0v) is 10.4. The summed E-state index contributed by atoms with van der Waals surface area (Å²) in [6.45, 7) is 2.06. The molecule has 1 heterocycles. The molecule has 2 rings (SSSR count). The number of pyridine rings is 1. The van der Waals surface area contributed by atoms with Gasteiger partial charge in [-0.25, -0.2) is 9.78 Å². The molecular weight excluding hydrogens is 240 g/mol. The topological polar surface area (TPSA) is 74.0 Å². The fourth-order valence-electron chi connectivity index (χ4n) is 1.85. The number of nitrogens with zero attached hydrogens (tertiary/aromatic N) is 2. The summed E-state index contributed by atoms with van der Waals surface area (Å²) in [4.78, 5) is 14.8. The number of carboxylic acid groups (broad SMARTS) is 1. The number of hydrogen-bond acceptors (Lipinski definition) is 3. The van der Waals surface area contributed by atoms with Crippen LogP contribution in [-0.4, -0.2) is 16.1 Å². The van der Waals surface area contributed by atoms with Crippen LogP contribution in [0.15, 0.2) is 36.5 Å². The lowest BCUT2D eigenvalue weighted by molar-refractivity contribution is 0.0690. The number of aromatic nitrogens is 1. The summed E-state index contributed by atoms with van der Waals surface area (Å²) >= 11 is 0. The number of hydrogen-bond donors (Lipinski definition) is 1. The molecule has 1 aromatic heterocycles. The molecule has 0 unspecified atom stereocenters. The van der Waals surface area contributed by atoms with Gasteiger partial charge in [0.05, 0.1) is 5.56 Å². The molecular formula is C15H12N2O2. The van der Waals surface area contributed by atoms with Crippen LogP contribution >= 0.6 is 0 Å². The Labute approximate surface area is 111 Å². The van der Waals surface area contributed by atoms with E-state index in [4.69, 9.17) is 10.4 Å². The van der Waals surface area contributed by atoms with Crippen molar-refractivity contribution < 1.29 is 9.90 Å². The van der Waals surface area contributed by atoms with E-state index in [0.717, 1.165) is 17.5 Å². The van der Waals surface area contributed by atoms with Crippen molar-refractivity contribution >= 4 is 5.97 Å². The second kappa shape index (κ2) is 5.32. The van der Waals surface area contributed by atoms with Gasteiger partial charge in [0.15, 0.2) is 5.69 Å². The van der Waals surface area contributed by atoms with Gasteiger partial charge in [0, 0.05) is 11.8 Å². The maximum absolute atomic E-state index is 10.9. The average Bonchev–Trinajstić information content (AvgIpc) is 2.46. The Bertz CT molecular complexity index is 672. The molecule has 0 saturated heterocycles. The predicted octanol–water partition coefficient (Wildman–Crippen LogP) is 2.88. The zero-order valence-electron chi connectivity index (χ0n) is 10.4. The summed E-state index contributed by atoms with van der Waals surface area (Å²) in [6, 6.07) is 11.3. The molecule has 4 heteroatoms. The van der Waals surface area contributed by atoms with Crippen LogP contribution in [0.3, 0.4) is 0 Å². The van der Waals surface area contributed by atoms with Gasteiger partial charge >= 0.3 is 5.97 Å². The van der Waals surface area contributed by atoms with Crippen molar-refractivity contribution in [3.63, 3.8) is 0 Å². The van der Waals surface area contributed by atoms with Crippen molar-refractivity contribution in [3.8, 4) is 17.2 Å². The van der Waals surface area contributed by atoms with Crippen LogP contribution in [0.1, 0.15) is 28.5 Å². The molecule has 1 N–H and O–H groups in total. The van der Waals surface area contributed by atoms with Crippen molar-refractivity contribution in [2.75, 3.05) is 0 Å². The van der Waals surface area contributed by atoms with Crippen molar-refractivity contribution in [2.45, 2.75) is 13.3 Å². The molecule has 94 valence electrons. The number of benzene rings is 1. The first kappa shape index (κ1) is 12.8. The lowest BCUT2D eigenvalue weighted by Gasteiger charge is -2.05. The van der Waals surface area contributed by atoms with E-state index in [2.05, 4.69) is 11.9 Å². The molecule has 4 nitrogen and oxygen atoms in total. The Hall–Kier alpha value is -2.67. The number of carboxylic acids is 1. The number of aryl methyl sites for hydroxylation is 1. The molecule has 0 aliphatic rings. The van der Waals surface area contributed by atoms with Crippen LogP contribution in [-0.2, 0) is 6.42 Å². The van der Waals surface area contributed by atoms with Crippen LogP contribution in [0.25, 0.3) is 11.1 Å². The van der Waals surface area contributed by atoms with Gasteiger partial charge in [-0.2, -0.15) is 5.26 Å². The number of carbonyl (C=O) groups is 1. The van der Waals surface area contributed by atoms with Crippen molar-refractivity contribution in [1.82, 2.24) is 4.98 Å². The normalized spacial score (nSPS) is 9.89. The highest BCUT2D eigenvalue weighted by molar-refractivity contribution is 5.89. The van der Waals surface area contributed by atoms with Gasteiger partial charge in [0.25, 0.3) is 0 Å². The molecule has 0 atom stereocenters. The first-order valence-corrected chi connectivity index (χ1v) is 5.88. The van der Waals surface area contributed by atoms with E-state index < -0.39 is 5.97 Å². The van der Waals surface area contributed by atoms with Crippen molar-refractivity contribution in [2.24, 2.45) is 0 Å². The maximum Gasteiger partial charge on any atom is 0.355 e. The fourth-order valence-corrected chi connectivity index (χ4v) is 1.85. The zero-order chi connectivity index (χ0) is 13.8. The van der Waals surface area contributed by atoms with E-state index in [1.165, 1.54) is 11.8 Å². The fraction of sp³-hybridized carbons (Fsp3) is 0.133. The Balaban J connectivity index is 2.52. The van der Waals surface area contributed by atoms with E-state index >= 15 is 0 Å². The van der Waals surface area contributed by atoms with Crippen molar-refractivity contribution in [1.29, 1.82) is 5.26 Å². The molecule has 0 fully saturated rings. The number of nitriles is 1. The first-order chi connectivity index (χ1) is 9.15. The molecule has 1 aromatic carbocycles. The Kier molecular flexibility index (Phi) is 3.58. The molecule has 0 aliphatic heterocycles. The lowest BCUT2D eigenvalue weighted by Crippen LogP contribution is -2.03. The summed E-state index contributed by atoms with van der Waals surface area (Å²) in [7, 11) is 0. The van der Waals surface area contributed by atoms with Crippen molar-refractivity contribution in [3.05, 3.63) is 53.3 Å². The molecule has 19 heavy (non-hydrogen) atoms. The summed E-state index contributed by atoms with van der Waals surface area (Å²) < 4.78 is 0. The number of rotatable bonds is 3. The number of aromatic carboxylic acids is 1. The molecule has 0 amide bonds. The van der Waals surface area contributed by atoms with E-state index in [1.54, 1.807) is 6.07 Å². The second-order valence-electron chi connectivity index (χ2n) is 4.09. The van der Waals surface area contributed by atoms with Crippen LogP contribution in [0, 0.1) is 11.3 Å². The van der Waals surface area contributed by atoms with E-state index in [-0.39, 0.29) is 11.3 Å². The minimum absolute atomic E-state index is 0.0758. The van der Waals surface area contributed by atoms with E-state index in [1.807, 2.05) is 30.3 Å². The van der Waals surface area contributed by atoms with Gasteiger partial charge in [-0.1, -0.05) is 31.2 Å². The molecule has 0 spiro atoms. The summed E-state index contributed by atoms with van der Waals surface area (Å²) in [5, 5.41) is 17.9. The molecule has 0 saturated carbocycles. The Morgan fingerprint density at radius 2 is 2.16 bits per heavy atom. The third kappa shape index (κ3) is 2.61. The van der Waals surface area contributed by atoms with Crippen LogP contribution in [0.2, 0.25) is 0 Å². The SMILES string of the molecule is CCc1cccc(-c2cnc(C(=O)O)c(C#N)c2)c1. The maximum atomic E-state index is 10.9. The molecule has 2 aromatic rings. The van der Waals surface area contributed by atoms with Gasteiger partial charge in [0.2, 0.25) is 0 Å². The van der Waals surface area contributed by atoms with Crippen LogP contribution in [0.4, 0.5) is 0 Å². The third-order valence-electron chi connectivity index (χ3n) is 2.88. The third-order valence-corrected chi connectivity index (χ3v) is 2.88. The lowest BCUT2D eigenvalue weighted by atomic mass is 10.0. The molecule has 0 bridgehead atoms. The summed E-state index contributed by atoms with van der Waals surface area (Å²) in [5.74, 6) is -1.19. The molecule has 0 radical (unpaired) electrons. The van der Waals surface area contributed by atoms with Crippen LogP contribution < -0.4 is 0 Å². The predicted molar refractivity (Wildman–Crippen MR) is 70.7 cm³/mol. The Morgan fingerprint density at radius 3 is 2.79 bits per heavy atom. The highest BCUT2D eigenvalue weighted by Gasteiger charge is 2.12. The second-order valence-corrected chi connectivity index (χ2v) is 4.09. The summed E-state index contributed by atoms with van der Waals surface area (Å²) in [6.07, 6.45) is 2.40. The van der Waals surface area contributed by atoms with E-state index in [9.17, 15) is 4.79 Å². The monoisotopic (exact) mass is 252 g/mol. The van der Waals surface area contributed by atoms with Gasteiger partial charge in [-0.05, 0) is 23.6 Å². The van der Waals surface area contributed by atoms with Gasteiger partial charge in [-0.3, -0.25) is 0 Å². The Morgan fingerprint density at radius 1 is 1.37 bits per heavy atom. The van der Waals surface area contributed by atoms with Crippen LogP contribution in [0.5, 0.6) is 0 Å². The average molecular weight is 252 g/mol. The first-order valence-electron chi connectivity index (χ1n) is 5.88. The van der Waals surface area contributed by atoms with Gasteiger partial charge in [0.1, 0.15) is 6.07 Å².